The quantitative estimate of drug-likeness (QED) is 0.755. The summed E-state index contributed by atoms with van der Waals surface area (Å²) in [7, 11) is 1.33. The summed E-state index contributed by atoms with van der Waals surface area (Å²) in [5.74, 6) is -0.0682. The van der Waals surface area contributed by atoms with Crippen LogP contribution in [0.15, 0.2) is 17.2 Å². The lowest BCUT2D eigenvalue weighted by Gasteiger charge is -2.16. The van der Waals surface area contributed by atoms with E-state index in [0.717, 1.165) is 0 Å². The summed E-state index contributed by atoms with van der Waals surface area (Å²) in [6.45, 7) is 3.99. The first-order chi connectivity index (χ1) is 7.06. The smallest absolute Gasteiger partial charge is 0.329 e. The molecule has 0 aliphatic rings. The van der Waals surface area contributed by atoms with Crippen LogP contribution in [0.2, 0.25) is 0 Å². The van der Waals surface area contributed by atoms with Gasteiger partial charge >= 0.3 is 11.7 Å². The highest BCUT2D eigenvalue weighted by molar-refractivity contribution is 5.74. The molecule has 0 aliphatic heterocycles. The molecule has 5 nitrogen and oxygen atoms in total. The fourth-order valence-electron chi connectivity index (χ4n) is 1.48. The van der Waals surface area contributed by atoms with Crippen LogP contribution in [0.4, 0.5) is 0 Å². The molecule has 0 radical (unpaired) electrons. The zero-order valence-corrected chi connectivity index (χ0v) is 9.19. The number of H-pyrrole nitrogens is 1. The normalized spacial score (nSPS) is 12.8. The van der Waals surface area contributed by atoms with Gasteiger partial charge in [-0.1, -0.05) is 13.8 Å². The van der Waals surface area contributed by atoms with Crippen LogP contribution >= 0.6 is 0 Å². The fraction of sp³-hybridized carbons (Fsp3) is 0.600. The Morgan fingerprint density at radius 2 is 2.27 bits per heavy atom. The Morgan fingerprint density at radius 1 is 1.60 bits per heavy atom. The summed E-state index contributed by atoms with van der Waals surface area (Å²) in [6.07, 6.45) is 3.66. The monoisotopic (exact) mass is 212 g/mol. The van der Waals surface area contributed by atoms with E-state index >= 15 is 0 Å². The molecular weight excluding hydrogens is 196 g/mol. The van der Waals surface area contributed by atoms with Crippen molar-refractivity contribution in [2.75, 3.05) is 7.11 Å². The number of aromatic amines is 1. The maximum Gasteiger partial charge on any atom is 0.329 e. The molecule has 1 heterocycles. The Hall–Kier alpha value is -1.52. The number of nitrogens with one attached hydrogen (secondary N) is 1. The number of rotatable bonds is 4. The van der Waals surface area contributed by atoms with Crippen molar-refractivity contribution in [3.05, 3.63) is 22.9 Å². The summed E-state index contributed by atoms with van der Waals surface area (Å²) in [5, 5.41) is 0. The van der Waals surface area contributed by atoms with Gasteiger partial charge in [0, 0.05) is 12.4 Å². The third-order valence-electron chi connectivity index (χ3n) is 2.18. The average Bonchev–Trinajstić information content (AvgIpc) is 2.59. The lowest BCUT2D eigenvalue weighted by atomic mass is 10.0. The molecule has 0 bridgehead atoms. The van der Waals surface area contributed by atoms with Crippen LogP contribution < -0.4 is 5.69 Å². The Morgan fingerprint density at radius 3 is 2.67 bits per heavy atom. The predicted octanol–water partition coefficient (Wildman–Crippen LogP) is 0.937. The molecule has 1 aromatic rings. The number of carbonyl (C=O) groups excluding carboxylic acids is 1. The summed E-state index contributed by atoms with van der Waals surface area (Å²) >= 11 is 0. The molecule has 1 atom stereocenters. The number of carbonyl (C=O) groups is 1. The lowest BCUT2D eigenvalue weighted by Crippen LogP contribution is -2.29. The minimum atomic E-state index is -0.534. The highest BCUT2D eigenvalue weighted by Gasteiger charge is 2.23. The van der Waals surface area contributed by atoms with Gasteiger partial charge in [0.05, 0.1) is 7.11 Å². The van der Waals surface area contributed by atoms with Crippen LogP contribution in [0, 0.1) is 5.92 Å². The topological polar surface area (TPSA) is 64.1 Å². The SMILES string of the molecule is COC(=O)C(CC(C)C)n1cc[nH]c1=O. The van der Waals surface area contributed by atoms with Crippen molar-refractivity contribution >= 4 is 5.97 Å². The highest BCUT2D eigenvalue weighted by atomic mass is 16.5. The molecule has 1 rings (SSSR count). The Bertz CT molecular complexity index is 378. The third-order valence-corrected chi connectivity index (χ3v) is 2.18. The molecule has 1 unspecified atom stereocenters. The van der Waals surface area contributed by atoms with Gasteiger partial charge in [0.25, 0.3) is 0 Å². The van der Waals surface area contributed by atoms with Crippen LogP contribution in [-0.4, -0.2) is 22.6 Å². The van der Waals surface area contributed by atoms with E-state index < -0.39 is 6.04 Å². The number of methoxy groups -OCH3 is 1. The maximum atomic E-state index is 11.5. The number of hydrogen-bond acceptors (Lipinski definition) is 3. The molecule has 0 aromatic carbocycles. The zero-order chi connectivity index (χ0) is 11.4. The number of aromatic nitrogens is 2. The van der Waals surface area contributed by atoms with E-state index in [0.29, 0.717) is 12.3 Å². The second-order valence-corrected chi connectivity index (χ2v) is 3.84. The van der Waals surface area contributed by atoms with Crippen molar-refractivity contribution in [2.45, 2.75) is 26.3 Å². The maximum absolute atomic E-state index is 11.5. The molecule has 15 heavy (non-hydrogen) atoms. The van der Waals surface area contributed by atoms with Crippen molar-refractivity contribution < 1.29 is 9.53 Å². The van der Waals surface area contributed by atoms with Crippen molar-refractivity contribution in [3.8, 4) is 0 Å². The van der Waals surface area contributed by atoms with Gasteiger partial charge in [-0.25, -0.2) is 9.59 Å². The highest BCUT2D eigenvalue weighted by Crippen LogP contribution is 2.16. The van der Waals surface area contributed by atoms with Crippen molar-refractivity contribution in [1.29, 1.82) is 0 Å². The van der Waals surface area contributed by atoms with E-state index in [-0.39, 0.29) is 11.7 Å². The molecule has 5 heteroatoms. The number of hydrogen-bond donors (Lipinski definition) is 1. The van der Waals surface area contributed by atoms with Gasteiger partial charge in [0.1, 0.15) is 6.04 Å². The van der Waals surface area contributed by atoms with Gasteiger partial charge in [-0.15, -0.1) is 0 Å². The molecule has 1 aromatic heterocycles. The Balaban J connectivity index is 2.96. The molecule has 1 N–H and O–H groups in total. The van der Waals surface area contributed by atoms with Gasteiger partial charge in [-0.05, 0) is 12.3 Å². The number of ether oxygens (including phenoxy) is 1. The lowest BCUT2D eigenvalue weighted by molar-refractivity contribution is -0.145. The van der Waals surface area contributed by atoms with E-state index in [2.05, 4.69) is 9.72 Å². The van der Waals surface area contributed by atoms with Crippen LogP contribution in [-0.2, 0) is 9.53 Å². The second kappa shape index (κ2) is 4.82. The van der Waals surface area contributed by atoms with Crippen molar-refractivity contribution in [1.82, 2.24) is 9.55 Å². The molecule has 0 fully saturated rings. The summed E-state index contributed by atoms with van der Waals surface area (Å²) in [4.78, 5) is 25.4. The minimum absolute atomic E-state index is 0.286. The van der Waals surface area contributed by atoms with Crippen LogP contribution in [0.3, 0.4) is 0 Å². The number of nitrogens with zero attached hydrogens (tertiary/aromatic N) is 1. The average molecular weight is 212 g/mol. The van der Waals surface area contributed by atoms with Gasteiger partial charge in [0.15, 0.2) is 0 Å². The molecule has 0 aliphatic carbocycles. The Kier molecular flexibility index (Phi) is 3.71. The van der Waals surface area contributed by atoms with E-state index in [9.17, 15) is 9.59 Å². The van der Waals surface area contributed by atoms with E-state index in [1.165, 1.54) is 17.9 Å². The summed E-state index contributed by atoms with van der Waals surface area (Å²) in [5.41, 5.74) is -0.286. The largest absolute Gasteiger partial charge is 0.467 e. The predicted molar refractivity (Wildman–Crippen MR) is 55.6 cm³/mol. The van der Waals surface area contributed by atoms with E-state index in [1.54, 1.807) is 6.20 Å². The molecule has 0 saturated heterocycles. The standard InChI is InChI=1S/C10H16N2O3/c1-7(2)6-8(9(13)15-3)12-5-4-11-10(12)14/h4-5,7-8H,6H2,1-3H3,(H,11,14). The molecule has 0 spiro atoms. The molecule has 0 amide bonds. The van der Waals surface area contributed by atoms with Crippen molar-refractivity contribution in [3.63, 3.8) is 0 Å². The first kappa shape index (κ1) is 11.6. The first-order valence-corrected chi connectivity index (χ1v) is 4.89. The van der Waals surface area contributed by atoms with Gasteiger partial charge in [-0.2, -0.15) is 0 Å². The summed E-state index contributed by atoms with van der Waals surface area (Å²) in [6, 6.07) is -0.534. The number of imidazole rings is 1. The minimum Gasteiger partial charge on any atom is -0.467 e. The fourth-order valence-corrected chi connectivity index (χ4v) is 1.48. The van der Waals surface area contributed by atoms with Crippen LogP contribution in [0.1, 0.15) is 26.3 Å². The first-order valence-electron chi connectivity index (χ1n) is 4.89. The summed E-state index contributed by atoms with van der Waals surface area (Å²) < 4.78 is 6.05. The number of esters is 1. The van der Waals surface area contributed by atoms with Crippen LogP contribution in [0.25, 0.3) is 0 Å². The third kappa shape index (κ3) is 2.71. The van der Waals surface area contributed by atoms with Crippen molar-refractivity contribution in [2.24, 2.45) is 5.92 Å². The van der Waals surface area contributed by atoms with E-state index in [4.69, 9.17) is 0 Å². The van der Waals surface area contributed by atoms with Crippen LogP contribution in [0.5, 0.6) is 0 Å². The molecular formula is C10H16N2O3. The van der Waals surface area contributed by atoms with Gasteiger partial charge in [-0.3, -0.25) is 4.57 Å². The van der Waals surface area contributed by atoms with E-state index in [1.807, 2.05) is 13.8 Å². The second-order valence-electron chi connectivity index (χ2n) is 3.84. The van der Waals surface area contributed by atoms with Gasteiger partial charge in [0.2, 0.25) is 0 Å². The molecule has 84 valence electrons. The van der Waals surface area contributed by atoms with Gasteiger partial charge < -0.3 is 9.72 Å². The molecule has 0 saturated carbocycles. The zero-order valence-electron chi connectivity index (χ0n) is 9.19. The Labute approximate surface area is 88.1 Å².